The molecule has 0 spiro atoms. The van der Waals surface area contributed by atoms with E-state index in [0.29, 0.717) is 17.2 Å². The molecule has 1 atom stereocenters. The van der Waals surface area contributed by atoms with E-state index in [-0.39, 0.29) is 5.91 Å². The minimum Gasteiger partial charge on any atom is -0.385 e. The highest BCUT2D eigenvalue weighted by Gasteiger charge is 2.20. The van der Waals surface area contributed by atoms with E-state index < -0.39 is 15.9 Å². The van der Waals surface area contributed by atoms with E-state index >= 15 is 0 Å². The highest BCUT2D eigenvalue weighted by molar-refractivity contribution is 8.02. The van der Waals surface area contributed by atoms with Gasteiger partial charge in [0.25, 0.3) is 0 Å². The maximum Gasteiger partial charge on any atom is 0.244 e. The van der Waals surface area contributed by atoms with Crippen molar-refractivity contribution < 1.29 is 13.2 Å². The SMILES string of the molecule is CS(=O)(=O)c1ccc(NCCCCC(N)C(=O)N2C=CSC2)cc1. The molecular weight excluding hydrogens is 346 g/mol. The van der Waals surface area contributed by atoms with Crippen molar-refractivity contribution in [3.05, 3.63) is 35.9 Å². The quantitative estimate of drug-likeness (QED) is 0.681. The lowest BCUT2D eigenvalue weighted by Gasteiger charge is -2.18. The Morgan fingerprint density at radius 3 is 2.62 bits per heavy atom. The van der Waals surface area contributed by atoms with Crippen molar-refractivity contribution in [3.63, 3.8) is 0 Å². The first-order chi connectivity index (χ1) is 11.4. The van der Waals surface area contributed by atoms with E-state index in [4.69, 9.17) is 5.73 Å². The summed E-state index contributed by atoms with van der Waals surface area (Å²) in [6.45, 7) is 0.749. The molecule has 1 heterocycles. The topological polar surface area (TPSA) is 92.5 Å². The Morgan fingerprint density at radius 2 is 2.04 bits per heavy atom. The van der Waals surface area contributed by atoms with Crippen LogP contribution in [0.5, 0.6) is 0 Å². The first kappa shape index (κ1) is 18.8. The molecule has 1 amide bonds. The molecule has 2 rings (SSSR count). The Morgan fingerprint density at radius 1 is 1.33 bits per heavy atom. The summed E-state index contributed by atoms with van der Waals surface area (Å²) in [5, 5.41) is 5.13. The summed E-state index contributed by atoms with van der Waals surface area (Å²) in [4.78, 5) is 14.0. The number of anilines is 1. The molecule has 132 valence electrons. The monoisotopic (exact) mass is 369 g/mol. The standard InChI is InChI=1S/C16H23N3O3S2/c1-24(21,22)14-7-5-13(6-8-14)18-9-3-2-4-15(17)16(20)19-10-11-23-12-19/h5-8,10-11,15,18H,2-4,9,12,17H2,1H3. The number of carbonyl (C=O) groups excluding carboxylic acids is 1. The molecule has 0 saturated carbocycles. The lowest BCUT2D eigenvalue weighted by atomic mass is 10.1. The van der Waals surface area contributed by atoms with E-state index in [2.05, 4.69) is 5.32 Å². The molecule has 1 aliphatic heterocycles. The molecular formula is C16H23N3O3S2. The van der Waals surface area contributed by atoms with Crippen molar-refractivity contribution >= 4 is 33.2 Å². The minimum atomic E-state index is -3.16. The number of unbranched alkanes of at least 4 members (excludes halogenated alkanes) is 1. The third-order valence-corrected chi connectivity index (χ3v) is 5.57. The van der Waals surface area contributed by atoms with E-state index in [1.165, 1.54) is 6.26 Å². The van der Waals surface area contributed by atoms with Gasteiger partial charge in [0.15, 0.2) is 9.84 Å². The second-order valence-corrected chi connectivity index (χ2v) is 8.59. The normalized spacial score (nSPS) is 15.5. The fourth-order valence-corrected chi connectivity index (χ4v) is 3.62. The van der Waals surface area contributed by atoms with E-state index in [1.807, 2.05) is 5.41 Å². The summed E-state index contributed by atoms with van der Waals surface area (Å²) in [6.07, 6.45) is 5.36. The van der Waals surface area contributed by atoms with E-state index in [0.717, 1.165) is 25.1 Å². The number of hydrogen-bond donors (Lipinski definition) is 2. The van der Waals surface area contributed by atoms with Crippen LogP contribution >= 0.6 is 11.8 Å². The average molecular weight is 370 g/mol. The van der Waals surface area contributed by atoms with Crippen molar-refractivity contribution in [1.29, 1.82) is 0 Å². The van der Waals surface area contributed by atoms with Crippen LogP contribution in [-0.4, -0.2) is 43.9 Å². The molecule has 0 fully saturated rings. The van der Waals surface area contributed by atoms with Crippen molar-refractivity contribution in [3.8, 4) is 0 Å². The predicted molar refractivity (Wildman–Crippen MR) is 98.3 cm³/mol. The zero-order valence-electron chi connectivity index (χ0n) is 13.6. The summed E-state index contributed by atoms with van der Waals surface area (Å²) in [5.74, 6) is 0.623. The Bertz CT molecular complexity index is 687. The maximum atomic E-state index is 12.0. The number of carbonyl (C=O) groups is 1. The van der Waals surface area contributed by atoms with Gasteiger partial charge in [-0.3, -0.25) is 4.79 Å². The summed E-state index contributed by atoms with van der Waals surface area (Å²) in [7, 11) is -3.16. The molecule has 3 N–H and O–H groups in total. The second-order valence-electron chi connectivity index (χ2n) is 5.71. The summed E-state index contributed by atoms with van der Waals surface area (Å²) in [5.41, 5.74) is 6.81. The Balaban J connectivity index is 1.66. The van der Waals surface area contributed by atoms with Gasteiger partial charge in [0.2, 0.25) is 5.91 Å². The van der Waals surface area contributed by atoms with Crippen LogP contribution in [0.3, 0.4) is 0 Å². The van der Waals surface area contributed by atoms with Crippen LogP contribution in [0.1, 0.15) is 19.3 Å². The first-order valence-corrected chi connectivity index (χ1v) is 10.7. The lowest BCUT2D eigenvalue weighted by Crippen LogP contribution is -2.40. The number of nitrogens with one attached hydrogen (secondary N) is 1. The van der Waals surface area contributed by atoms with E-state index in [9.17, 15) is 13.2 Å². The van der Waals surface area contributed by atoms with Gasteiger partial charge in [0.05, 0.1) is 16.8 Å². The molecule has 1 unspecified atom stereocenters. The van der Waals surface area contributed by atoms with Crippen LogP contribution in [-0.2, 0) is 14.6 Å². The summed E-state index contributed by atoms with van der Waals surface area (Å²) >= 11 is 1.58. The third-order valence-electron chi connectivity index (χ3n) is 3.70. The van der Waals surface area contributed by atoms with Gasteiger partial charge >= 0.3 is 0 Å². The van der Waals surface area contributed by atoms with Crippen LogP contribution < -0.4 is 11.1 Å². The van der Waals surface area contributed by atoms with Gasteiger partial charge in [-0.15, -0.1) is 11.8 Å². The number of thioether (sulfide) groups is 1. The number of rotatable bonds is 8. The van der Waals surface area contributed by atoms with Crippen molar-refractivity contribution in [2.24, 2.45) is 5.73 Å². The zero-order valence-corrected chi connectivity index (χ0v) is 15.3. The molecule has 0 saturated heterocycles. The van der Waals surface area contributed by atoms with Gasteiger partial charge in [-0.2, -0.15) is 0 Å². The molecule has 1 aliphatic rings. The van der Waals surface area contributed by atoms with Gasteiger partial charge in [-0.25, -0.2) is 8.42 Å². The smallest absolute Gasteiger partial charge is 0.244 e. The molecule has 24 heavy (non-hydrogen) atoms. The molecule has 1 aromatic carbocycles. The molecule has 0 radical (unpaired) electrons. The number of benzene rings is 1. The van der Waals surface area contributed by atoms with Crippen molar-refractivity contribution in [2.45, 2.75) is 30.2 Å². The maximum absolute atomic E-state index is 12.0. The lowest BCUT2D eigenvalue weighted by molar-refractivity contribution is -0.129. The highest BCUT2D eigenvalue weighted by atomic mass is 32.2. The summed E-state index contributed by atoms with van der Waals surface area (Å²) in [6, 6.07) is 6.23. The predicted octanol–water partition coefficient (Wildman–Crippen LogP) is 2.00. The van der Waals surface area contributed by atoms with Gasteiger partial charge in [-0.1, -0.05) is 0 Å². The average Bonchev–Trinajstić information content (AvgIpc) is 3.07. The van der Waals surface area contributed by atoms with Gasteiger partial charge < -0.3 is 16.0 Å². The van der Waals surface area contributed by atoms with Crippen LogP contribution in [0.2, 0.25) is 0 Å². The molecule has 1 aromatic rings. The summed E-state index contributed by atoms with van der Waals surface area (Å²) < 4.78 is 22.8. The van der Waals surface area contributed by atoms with Crippen LogP contribution in [0.4, 0.5) is 5.69 Å². The van der Waals surface area contributed by atoms with Crippen LogP contribution in [0, 0.1) is 0 Å². The van der Waals surface area contributed by atoms with Crippen molar-refractivity contribution in [1.82, 2.24) is 4.90 Å². The van der Waals surface area contributed by atoms with Gasteiger partial charge in [0.1, 0.15) is 0 Å². The Kier molecular flexibility index (Phi) is 6.70. The van der Waals surface area contributed by atoms with Gasteiger partial charge in [-0.05, 0) is 48.9 Å². The Labute approximate surface area is 147 Å². The number of hydrogen-bond acceptors (Lipinski definition) is 6. The zero-order chi connectivity index (χ0) is 17.6. The molecule has 8 heteroatoms. The number of amides is 1. The fourth-order valence-electron chi connectivity index (χ4n) is 2.30. The largest absolute Gasteiger partial charge is 0.385 e. The third kappa shape index (κ3) is 5.54. The molecule has 0 bridgehead atoms. The van der Waals surface area contributed by atoms with Crippen LogP contribution in [0.15, 0.2) is 40.8 Å². The first-order valence-electron chi connectivity index (χ1n) is 7.76. The molecule has 6 nitrogen and oxygen atoms in total. The highest BCUT2D eigenvalue weighted by Crippen LogP contribution is 2.17. The van der Waals surface area contributed by atoms with Crippen molar-refractivity contribution in [2.75, 3.05) is 24.0 Å². The number of sulfone groups is 1. The Hall–Kier alpha value is -1.51. The number of nitrogens with two attached hydrogens (primary N) is 1. The molecule has 0 aromatic heterocycles. The number of nitrogens with zero attached hydrogens (tertiary/aromatic N) is 1. The second kappa shape index (κ2) is 8.55. The van der Waals surface area contributed by atoms with Crippen LogP contribution in [0.25, 0.3) is 0 Å². The fraction of sp³-hybridized carbons (Fsp3) is 0.438. The molecule has 0 aliphatic carbocycles. The van der Waals surface area contributed by atoms with Gasteiger partial charge in [0, 0.05) is 24.7 Å². The minimum absolute atomic E-state index is 0.0272. The van der Waals surface area contributed by atoms with E-state index in [1.54, 1.807) is 47.1 Å².